The van der Waals surface area contributed by atoms with E-state index < -0.39 is 0 Å². The summed E-state index contributed by atoms with van der Waals surface area (Å²) in [7, 11) is 1.81. The quantitative estimate of drug-likeness (QED) is 0.819. The van der Waals surface area contributed by atoms with Crippen molar-refractivity contribution in [2.24, 2.45) is 0 Å². The van der Waals surface area contributed by atoms with Gasteiger partial charge in [-0.1, -0.05) is 39.7 Å². The Morgan fingerprint density at radius 3 is 2.40 bits per heavy atom. The molecule has 0 amide bonds. The summed E-state index contributed by atoms with van der Waals surface area (Å²) in [6.07, 6.45) is 0.614. The SMILES string of the molecule is CNC(Cc1ccc(F)cc1Br)c1ccc(F)cc1Cl. The highest BCUT2D eigenvalue weighted by atomic mass is 79.9. The Morgan fingerprint density at radius 1 is 1.15 bits per heavy atom. The maximum absolute atomic E-state index is 13.1. The van der Waals surface area contributed by atoms with Crippen LogP contribution < -0.4 is 5.32 Å². The number of nitrogens with one attached hydrogen (secondary N) is 1. The van der Waals surface area contributed by atoms with Crippen molar-refractivity contribution in [1.82, 2.24) is 5.32 Å². The number of benzene rings is 2. The van der Waals surface area contributed by atoms with Crippen LogP contribution in [-0.2, 0) is 6.42 Å². The summed E-state index contributed by atoms with van der Waals surface area (Å²) >= 11 is 9.43. The molecule has 0 fully saturated rings. The lowest BCUT2D eigenvalue weighted by Gasteiger charge is -2.19. The molecule has 2 rings (SSSR count). The van der Waals surface area contributed by atoms with Crippen molar-refractivity contribution in [3.8, 4) is 0 Å². The third-order valence-corrected chi connectivity index (χ3v) is 4.19. The molecule has 0 bridgehead atoms. The Morgan fingerprint density at radius 2 is 1.80 bits per heavy atom. The lowest BCUT2D eigenvalue weighted by molar-refractivity contribution is 0.582. The zero-order chi connectivity index (χ0) is 14.7. The van der Waals surface area contributed by atoms with Gasteiger partial charge in [-0.15, -0.1) is 0 Å². The van der Waals surface area contributed by atoms with Crippen LogP contribution in [0.1, 0.15) is 17.2 Å². The first-order chi connectivity index (χ1) is 9.51. The lowest BCUT2D eigenvalue weighted by atomic mass is 9.99. The van der Waals surface area contributed by atoms with E-state index in [9.17, 15) is 8.78 Å². The van der Waals surface area contributed by atoms with Gasteiger partial charge >= 0.3 is 0 Å². The molecule has 0 heterocycles. The molecule has 1 atom stereocenters. The summed E-state index contributed by atoms with van der Waals surface area (Å²) in [5, 5.41) is 3.52. The van der Waals surface area contributed by atoms with Crippen LogP contribution in [0.2, 0.25) is 5.02 Å². The lowest BCUT2D eigenvalue weighted by Crippen LogP contribution is -2.19. The summed E-state index contributed by atoms with van der Waals surface area (Å²) < 4.78 is 26.9. The van der Waals surface area contributed by atoms with Gasteiger partial charge in [0.2, 0.25) is 0 Å². The molecular formula is C15H13BrClF2N. The third-order valence-electron chi connectivity index (χ3n) is 3.13. The zero-order valence-corrected chi connectivity index (χ0v) is 13.1. The molecule has 106 valence electrons. The Balaban J connectivity index is 2.28. The highest BCUT2D eigenvalue weighted by Crippen LogP contribution is 2.29. The number of rotatable bonds is 4. The van der Waals surface area contributed by atoms with E-state index in [1.807, 2.05) is 7.05 Å². The van der Waals surface area contributed by atoms with Crippen molar-refractivity contribution in [1.29, 1.82) is 0 Å². The van der Waals surface area contributed by atoms with Gasteiger partial charge in [0.15, 0.2) is 0 Å². The van der Waals surface area contributed by atoms with Crippen LogP contribution in [0.3, 0.4) is 0 Å². The number of hydrogen-bond donors (Lipinski definition) is 1. The molecular weight excluding hydrogens is 348 g/mol. The number of likely N-dealkylation sites (N-methyl/N-ethyl adjacent to an activating group) is 1. The summed E-state index contributed by atoms with van der Waals surface area (Å²) in [4.78, 5) is 0. The van der Waals surface area contributed by atoms with E-state index in [1.165, 1.54) is 24.3 Å². The molecule has 1 N–H and O–H groups in total. The van der Waals surface area contributed by atoms with Crippen LogP contribution in [0.15, 0.2) is 40.9 Å². The molecule has 0 saturated heterocycles. The molecule has 0 aliphatic carbocycles. The second kappa shape index (κ2) is 6.66. The highest BCUT2D eigenvalue weighted by Gasteiger charge is 2.15. The minimum atomic E-state index is -0.364. The Kier molecular flexibility index (Phi) is 5.13. The van der Waals surface area contributed by atoms with Crippen LogP contribution in [-0.4, -0.2) is 7.05 Å². The fourth-order valence-corrected chi connectivity index (χ4v) is 2.87. The predicted octanol–water partition coefficient (Wildman–Crippen LogP) is 4.88. The molecule has 1 unspecified atom stereocenters. The van der Waals surface area contributed by atoms with Crippen molar-refractivity contribution in [3.05, 3.63) is 68.7 Å². The van der Waals surface area contributed by atoms with E-state index in [0.29, 0.717) is 15.9 Å². The molecule has 2 aromatic rings. The average Bonchev–Trinajstić information content (AvgIpc) is 2.39. The van der Waals surface area contributed by atoms with Gasteiger partial charge in [-0.2, -0.15) is 0 Å². The molecule has 20 heavy (non-hydrogen) atoms. The van der Waals surface area contributed by atoms with Gasteiger partial charge in [-0.05, 0) is 48.9 Å². The van der Waals surface area contributed by atoms with Gasteiger partial charge in [-0.25, -0.2) is 8.78 Å². The topological polar surface area (TPSA) is 12.0 Å². The van der Waals surface area contributed by atoms with E-state index >= 15 is 0 Å². The first-order valence-corrected chi connectivity index (χ1v) is 7.24. The van der Waals surface area contributed by atoms with Gasteiger partial charge in [0.25, 0.3) is 0 Å². The van der Waals surface area contributed by atoms with E-state index in [-0.39, 0.29) is 17.7 Å². The van der Waals surface area contributed by atoms with E-state index in [0.717, 1.165) is 11.1 Å². The van der Waals surface area contributed by atoms with Crippen LogP contribution in [0.5, 0.6) is 0 Å². The summed E-state index contributed by atoms with van der Waals surface area (Å²) in [6.45, 7) is 0. The molecule has 0 aliphatic rings. The highest BCUT2D eigenvalue weighted by molar-refractivity contribution is 9.10. The molecule has 0 radical (unpaired) electrons. The van der Waals surface area contributed by atoms with E-state index in [1.54, 1.807) is 12.1 Å². The molecule has 5 heteroatoms. The van der Waals surface area contributed by atoms with Crippen molar-refractivity contribution in [2.75, 3.05) is 7.05 Å². The second-order valence-corrected chi connectivity index (χ2v) is 5.71. The van der Waals surface area contributed by atoms with Crippen LogP contribution in [0.4, 0.5) is 8.78 Å². The minimum absolute atomic E-state index is 0.0788. The minimum Gasteiger partial charge on any atom is -0.313 e. The standard InChI is InChI=1S/C15H13BrClF2N/c1-20-15(12-5-4-11(19)8-14(12)17)6-9-2-3-10(18)7-13(9)16/h2-5,7-8,15,20H,6H2,1H3. The van der Waals surface area contributed by atoms with Crippen molar-refractivity contribution in [2.45, 2.75) is 12.5 Å². The largest absolute Gasteiger partial charge is 0.313 e. The van der Waals surface area contributed by atoms with Crippen molar-refractivity contribution >= 4 is 27.5 Å². The van der Waals surface area contributed by atoms with Gasteiger partial charge in [0, 0.05) is 15.5 Å². The van der Waals surface area contributed by atoms with Gasteiger partial charge in [-0.3, -0.25) is 0 Å². The molecule has 0 aromatic heterocycles. The fraction of sp³-hybridized carbons (Fsp3) is 0.200. The Labute approximate surface area is 130 Å². The maximum atomic E-state index is 13.1. The third kappa shape index (κ3) is 3.57. The molecule has 2 aromatic carbocycles. The Bertz CT molecular complexity index is 619. The molecule has 1 nitrogen and oxygen atoms in total. The second-order valence-electron chi connectivity index (χ2n) is 4.45. The summed E-state index contributed by atoms with van der Waals surface area (Å²) in [5.74, 6) is -0.655. The monoisotopic (exact) mass is 359 g/mol. The van der Waals surface area contributed by atoms with Crippen molar-refractivity contribution in [3.63, 3.8) is 0 Å². The fourth-order valence-electron chi connectivity index (χ4n) is 2.06. The summed E-state index contributed by atoms with van der Waals surface area (Å²) in [5.41, 5.74) is 1.76. The summed E-state index contributed by atoms with van der Waals surface area (Å²) in [6, 6.07) is 8.82. The molecule has 0 spiro atoms. The first kappa shape index (κ1) is 15.4. The van der Waals surface area contributed by atoms with Gasteiger partial charge in [0.1, 0.15) is 11.6 Å². The number of hydrogen-bond acceptors (Lipinski definition) is 1. The Hall–Kier alpha value is -0.970. The predicted molar refractivity (Wildman–Crippen MR) is 81.0 cm³/mol. The van der Waals surface area contributed by atoms with Gasteiger partial charge in [0.05, 0.1) is 0 Å². The van der Waals surface area contributed by atoms with Crippen LogP contribution in [0.25, 0.3) is 0 Å². The smallest absolute Gasteiger partial charge is 0.124 e. The van der Waals surface area contributed by atoms with E-state index in [2.05, 4.69) is 21.2 Å². The average molecular weight is 361 g/mol. The normalized spacial score (nSPS) is 12.4. The molecule has 0 aliphatic heterocycles. The van der Waals surface area contributed by atoms with Crippen LogP contribution in [0, 0.1) is 11.6 Å². The van der Waals surface area contributed by atoms with E-state index in [4.69, 9.17) is 11.6 Å². The molecule has 0 saturated carbocycles. The van der Waals surface area contributed by atoms with Crippen molar-refractivity contribution < 1.29 is 8.78 Å². The zero-order valence-electron chi connectivity index (χ0n) is 10.8. The number of halogens is 4. The maximum Gasteiger partial charge on any atom is 0.124 e. The van der Waals surface area contributed by atoms with Crippen LogP contribution >= 0.6 is 27.5 Å². The van der Waals surface area contributed by atoms with Gasteiger partial charge < -0.3 is 5.32 Å². The first-order valence-electron chi connectivity index (χ1n) is 6.07.